The van der Waals surface area contributed by atoms with E-state index in [0.717, 1.165) is 24.6 Å². The number of hydrogen-bond acceptors (Lipinski definition) is 0. The van der Waals surface area contributed by atoms with Crippen molar-refractivity contribution >= 4 is 17.2 Å². The Bertz CT molecular complexity index is 479. The van der Waals surface area contributed by atoms with Crippen LogP contribution >= 0.6 is 11.6 Å². The van der Waals surface area contributed by atoms with Crippen LogP contribution in [0, 0.1) is 11.3 Å². The standard InChI is InChI=1S/C19H27Cl/c1-14(7-6-12-20)17-9-5-8-15-13-16(19(2,3)4)10-11-18(15)17/h5,8-9,16H,1,6-7,10-13H2,2-4H3. The van der Waals surface area contributed by atoms with Crippen LogP contribution in [0.4, 0.5) is 0 Å². The van der Waals surface area contributed by atoms with Crippen LogP contribution in [0.15, 0.2) is 24.8 Å². The Balaban J connectivity index is 2.22. The summed E-state index contributed by atoms with van der Waals surface area (Å²) in [6, 6.07) is 6.75. The lowest BCUT2D eigenvalue weighted by Crippen LogP contribution is -2.27. The van der Waals surface area contributed by atoms with Crippen molar-refractivity contribution in [3.63, 3.8) is 0 Å². The molecule has 1 aromatic rings. The van der Waals surface area contributed by atoms with Gasteiger partial charge in [0.15, 0.2) is 0 Å². The Morgan fingerprint density at radius 3 is 2.75 bits per heavy atom. The van der Waals surface area contributed by atoms with Crippen LogP contribution < -0.4 is 0 Å². The molecule has 0 spiro atoms. The van der Waals surface area contributed by atoms with Crippen molar-refractivity contribution in [1.29, 1.82) is 0 Å². The molecule has 1 unspecified atom stereocenters. The minimum Gasteiger partial charge on any atom is -0.127 e. The molecule has 0 aliphatic heterocycles. The van der Waals surface area contributed by atoms with Gasteiger partial charge in [0.05, 0.1) is 0 Å². The average molecular weight is 291 g/mol. The maximum Gasteiger partial charge on any atom is 0.0226 e. The molecule has 0 nitrogen and oxygen atoms in total. The van der Waals surface area contributed by atoms with Crippen LogP contribution in [-0.2, 0) is 12.8 Å². The van der Waals surface area contributed by atoms with Crippen LogP contribution in [0.25, 0.3) is 5.57 Å². The molecule has 0 fully saturated rings. The van der Waals surface area contributed by atoms with Gasteiger partial charge in [-0.2, -0.15) is 0 Å². The molecule has 0 bridgehead atoms. The summed E-state index contributed by atoms with van der Waals surface area (Å²) in [5, 5.41) is 0. The number of halogens is 1. The zero-order valence-corrected chi connectivity index (χ0v) is 13.9. The monoisotopic (exact) mass is 290 g/mol. The molecule has 0 N–H and O–H groups in total. The lowest BCUT2D eigenvalue weighted by atomic mass is 9.69. The first kappa shape index (κ1) is 15.6. The molecule has 1 heteroatoms. The van der Waals surface area contributed by atoms with Crippen molar-refractivity contribution in [2.24, 2.45) is 11.3 Å². The van der Waals surface area contributed by atoms with Gasteiger partial charge >= 0.3 is 0 Å². The number of rotatable bonds is 4. The third kappa shape index (κ3) is 3.47. The lowest BCUT2D eigenvalue weighted by molar-refractivity contribution is 0.216. The molecule has 0 saturated carbocycles. The molecule has 1 aromatic carbocycles. The van der Waals surface area contributed by atoms with Crippen molar-refractivity contribution in [2.75, 3.05) is 5.88 Å². The molecule has 2 rings (SSSR count). The fourth-order valence-corrected chi connectivity index (χ4v) is 3.43. The highest BCUT2D eigenvalue weighted by Gasteiger charge is 2.29. The molecule has 0 aromatic heterocycles. The molecule has 0 saturated heterocycles. The van der Waals surface area contributed by atoms with E-state index in [9.17, 15) is 0 Å². The predicted molar refractivity (Wildman–Crippen MR) is 90.4 cm³/mol. The van der Waals surface area contributed by atoms with Crippen LogP contribution in [0.2, 0.25) is 0 Å². The fraction of sp³-hybridized carbons (Fsp3) is 0.579. The molecule has 20 heavy (non-hydrogen) atoms. The molecule has 0 heterocycles. The first-order valence-corrected chi connectivity index (χ1v) is 8.32. The Morgan fingerprint density at radius 1 is 1.35 bits per heavy atom. The van der Waals surface area contributed by atoms with Crippen molar-refractivity contribution in [2.45, 2.75) is 52.9 Å². The Hall–Kier alpha value is -0.750. The van der Waals surface area contributed by atoms with Gasteiger partial charge in [0.1, 0.15) is 0 Å². The topological polar surface area (TPSA) is 0 Å². The molecule has 1 aliphatic carbocycles. The van der Waals surface area contributed by atoms with Gasteiger partial charge in [-0.1, -0.05) is 45.5 Å². The van der Waals surface area contributed by atoms with Crippen LogP contribution in [-0.4, -0.2) is 5.88 Å². The first-order valence-electron chi connectivity index (χ1n) is 7.78. The predicted octanol–water partition coefficient (Wildman–Crippen LogP) is 5.87. The summed E-state index contributed by atoms with van der Waals surface area (Å²) in [5.74, 6) is 1.52. The minimum absolute atomic E-state index is 0.406. The normalized spacial score (nSPS) is 18.7. The van der Waals surface area contributed by atoms with E-state index in [-0.39, 0.29) is 0 Å². The first-order chi connectivity index (χ1) is 9.43. The van der Waals surface area contributed by atoms with Crippen LogP contribution in [0.3, 0.4) is 0 Å². The molecule has 0 amide bonds. The quantitative estimate of drug-likeness (QED) is 0.608. The van der Waals surface area contributed by atoms with Gasteiger partial charge in [0.2, 0.25) is 0 Å². The van der Waals surface area contributed by atoms with Crippen molar-refractivity contribution in [1.82, 2.24) is 0 Å². The van der Waals surface area contributed by atoms with Crippen LogP contribution in [0.5, 0.6) is 0 Å². The average Bonchev–Trinajstić information content (AvgIpc) is 2.42. The smallest absolute Gasteiger partial charge is 0.0226 e. The summed E-state index contributed by atoms with van der Waals surface area (Å²) in [7, 11) is 0. The SMILES string of the molecule is C=C(CCCCl)c1cccc2c1CCC(C(C)(C)C)C2. The summed E-state index contributed by atoms with van der Waals surface area (Å²) in [6.07, 6.45) is 5.76. The minimum atomic E-state index is 0.406. The second-order valence-corrected chi connectivity index (χ2v) is 7.52. The van der Waals surface area contributed by atoms with Gasteiger partial charge in [-0.25, -0.2) is 0 Å². The summed E-state index contributed by atoms with van der Waals surface area (Å²) < 4.78 is 0. The molecular formula is C19H27Cl. The van der Waals surface area contributed by atoms with Crippen molar-refractivity contribution in [3.05, 3.63) is 41.5 Å². The highest BCUT2D eigenvalue weighted by molar-refractivity contribution is 6.17. The highest BCUT2D eigenvalue weighted by Crippen LogP contribution is 2.39. The number of fused-ring (bicyclic) bond motifs is 1. The Kier molecular flexibility index (Phi) is 4.96. The summed E-state index contributed by atoms with van der Waals surface area (Å²) in [6.45, 7) is 11.4. The molecule has 110 valence electrons. The Labute approximate surface area is 129 Å². The second kappa shape index (κ2) is 6.35. The van der Waals surface area contributed by atoms with E-state index in [1.165, 1.54) is 30.4 Å². The number of alkyl halides is 1. The third-order valence-corrected chi connectivity index (χ3v) is 4.97. The molecule has 1 aliphatic rings. The van der Waals surface area contributed by atoms with Gasteiger partial charge in [-0.05, 0) is 65.7 Å². The number of benzene rings is 1. The molecular weight excluding hydrogens is 264 g/mol. The molecule has 0 radical (unpaired) electrons. The third-order valence-electron chi connectivity index (χ3n) is 4.70. The number of allylic oxidation sites excluding steroid dienone is 1. The van der Waals surface area contributed by atoms with Crippen LogP contribution in [0.1, 0.15) is 56.7 Å². The van der Waals surface area contributed by atoms with Gasteiger partial charge in [0.25, 0.3) is 0 Å². The summed E-state index contributed by atoms with van der Waals surface area (Å²) in [4.78, 5) is 0. The maximum absolute atomic E-state index is 5.80. The van der Waals surface area contributed by atoms with Gasteiger partial charge in [-0.3, -0.25) is 0 Å². The van der Waals surface area contributed by atoms with Crippen molar-refractivity contribution in [3.8, 4) is 0 Å². The maximum atomic E-state index is 5.80. The zero-order valence-electron chi connectivity index (χ0n) is 13.1. The molecule has 1 atom stereocenters. The van der Waals surface area contributed by atoms with E-state index < -0.39 is 0 Å². The fourth-order valence-electron chi connectivity index (χ4n) is 3.29. The highest BCUT2D eigenvalue weighted by atomic mass is 35.5. The van der Waals surface area contributed by atoms with Crippen molar-refractivity contribution < 1.29 is 0 Å². The van der Waals surface area contributed by atoms with E-state index in [0.29, 0.717) is 5.41 Å². The summed E-state index contributed by atoms with van der Waals surface area (Å²) >= 11 is 5.80. The van der Waals surface area contributed by atoms with E-state index >= 15 is 0 Å². The van der Waals surface area contributed by atoms with E-state index in [1.54, 1.807) is 11.1 Å². The largest absolute Gasteiger partial charge is 0.127 e. The second-order valence-electron chi connectivity index (χ2n) is 7.15. The van der Waals surface area contributed by atoms with E-state index in [4.69, 9.17) is 11.6 Å². The van der Waals surface area contributed by atoms with E-state index in [2.05, 4.69) is 45.5 Å². The zero-order chi connectivity index (χ0) is 14.8. The van der Waals surface area contributed by atoms with E-state index in [1.807, 2.05) is 0 Å². The Morgan fingerprint density at radius 2 is 2.10 bits per heavy atom. The van der Waals surface area contributed by atoms with Gasteiger partial charge in [-0.15, -0.1) is 11.6 Å². The lowest BCUT2D eigenvalue weighted by Gasteiger charge is -2.35. The number of hydrogen-bond donors (Lipinski definition) is 0. The summed E-state index contributed by atoms with van der Waals surface area (Å²) in [5.41, 5.74) is 6.15. The van der Waals surface area contributed by atoms with Gasteiger partial charge < -0.3 is 0 Å². The van der Waals surface area contributed by atoms with Gasteiger partial charge in [0, 0.05) is 5.88 Å².